The molecule has 1 N–H and O–H groups in total. The van der Waals surface area contributed by atoms with Crippen LogP contribution in [0.1, 0.15) is 18.9 Å². The first-order valence-corrected chi connectivity index (χ1v) is 8.91. The average Bonchev–Trinajstić information content (AvgIpc) is 2.66. The molecule has 0 bridgehead atoms. The molecule has 3 rings (SSSR count). The summed E-state index contributed by atoms with van der Waals surface area (Å²) in [5.41, 5.74) is 1.02. The molecule has 25 heavy (non-hydrogen) atoms. The van der Waals surface area contributed by atoms with E-state index < -0.39 is 0 Å². The molecule has 2 amide bonds. The van der Waals surface area contributed by atoms with Crippen LogP contribution in [-0.4, -0.2) is 55.7 Å². The van der Waals surface area contributed by atoms with Gasteiger partial charge in [-0.1, -0.05) is 37.3 Å². The van der Waals surface area contributed by atoms with Crippen LogP contribution in [0.15, 0.2) is 36.4 Å². The van der Waals surface area contributed by atoms with Crippen LogP contribution >= 0.6 is 0 Å². The highest BCUT2D eigenvalue weighted by Gasteiger charge is 2.26. The number of carbonyl (C=O) groups excluding carboxylic acids is 1. The Kier molecular flexibility index (Phi) is 5.43. The molecular weight excluding hydrogens is 314 g/mol. The second kappa shape index (κ2) is 7.74. The number of hydrogen-bond donors (Lipinski definition) is 1. The average molecular weight is 341 g/mol. The van der Waals surface area contributed by atoms with Gasteiger partial charge in [0.2, 0.25) is 0 Å². The molecule has 134 valence electrons. The third kappa shape index (κ3) is 3.71. The molecule has 5 heteroatoms. The third-order valence-electron chi connectivity index (χ3n) is 5.17. The van der Waals surface area contributed by atoms with E-state index in [1.165, 1.54) is 0 Å². The monoisotopic (exact) mass is 341 g/mol. The molecule has 2 aromatic rings. The number of amides is 2. The van der Waals surface area contributed by atoms with Crippen LogP contribution in [0.3, 0.4) is 0 Å². The SMILES string of the molecule is CCC1CN(C(=O)NCc2c(OC)ccc3ccccc23)CCN1C. The van der Waals surface area contributed by atoms with Crippen LogP contribution in [0, 0.1) is 0 Å². The second-order valence-electron chi connectivity index (χ2n) is 6.61. The predicted molar refractivity (Wildman–Crippen MR) is 101 cm³/mol. The minimum absolute atomic E-state index is 0.00142. The molecule has 0 saturated carbocycles. The summed E-state index contributed by atoms with van der Waals surface area (Å²) in [7, 11) is 3.80. The summed E-state index contributed by atoms with van der Waals surface area (Å²) in [4.78, 5) is 16.9. The summed E-state index contributed by atoms with van der Waals surface area (Å²) in [6, 6.07) is 12.6. The van der Waals surface area contributed by atoms with Crippen molar-refractivity contribution < 1.29 is 9.53 Å². The van der Waals surface area contributed by atoms with Gasteiger partial charge in [0.15, 0.2) is 0 Å². The molecule has 1 saturated heterocycles. The number of hydrogen-bond acceptors (Lipinski definition) is 3. The molecule has 0 aromatic heterocycles. The van der Waals surface area contributed by atoms with Crippen molar-refractivity contribution in [2.24, 2.45) is 0 Å². The number of benzene rings is 2. The normalized spacial score (nSPS) is 18.4. The molecule has 1 fully saturated rings. The van der Waals surface area contributed by atoms with Crippen molar-refractivity contribution in [3.05, 3.63) is 42.0 Å². The van der Waals surface area contributed by atoms with E-state index in [2.05, 4.69) is 36.3 Å². The van der Waals surface area contributed by atoms with Gasteiger partial charge in [-0.2, -0.15) is 0 Å². The first-order chi connectivity index (χ1) is 12.1. The van der Waals surface area contributed by atoms with Gasteiger partial charge in [0.25, 0.3) is 0 Å². The molecule has 2 aromatic carbocycles. The number of nitrogens with zero attached hydrogens (tertiary/aromatic N) is 2. The minimum Gasteiger partial charge on any atom is -0.496 e. The fourth-order valence-electron chi connectivity index (χ4n) is 3.54. The predicted octanol–water partition coefficient (Wildman–Crippen LogP) is 3.08. The maximum absolute atomic E-state index is 12.6. The van der Waals surface area contributed by atoms with Gasteiger partial charge < -0.3 is 15.0 Å². The number of urea groups is 1. The van der Waals surface area contributed by atoms with E-state index >= 15 is 0 Å². The number of ether oxygens (including phenoxy) is 1. The first kappa shape index (κ1) is 17.5. The van der Waals surface area contributed by atoms with E-state index in [-0.39, 0.29) is 6.03 Å². The van der Waals surface area contributed by atoms with Gasteiger partial charge in [0, 0.05) is 37.8 Å². The highest BCUT2D eigenvalue weighted by Crippen LogP contribution is 2.27. The van der Waals surface area contributed by atoms with Crippen molar-refractivity contribution in [2.45, 2.75) is 25.9 Å². The molecular formula is C20H27N3O2. The van der Waals surface area contributed by atoms with E-state index in [4.69, 9.17) is 4.74 Å². The van der Waals surface area contributed by atoms with Crippen molar-refractivity contribution in [3.8, 4) is 5.75 Å². The lowest BCUT2D eigenvalue weighted by molar-refractivity contribution is 0.107. The van der Waals surface area contributed by atoms with Gasteiger partial charge in [-0.05, 0) is 30.3 Å². The van der Waals surface area contributed by atoms with Crippen molar-refractivity contribution in [2.75, 3.05) is 33.8 Å². The number of fused-ring (bicyclic) bond motifs is 1. The zero-order valence-electron chi connectivity index (χ0n) is 15.3. The second-order valence-corrected chi connectivity index (χ2v) is 6.61. The van der Waals surface area contributed by atoms with E-state index in [1.807, 2.05) is 29.2 Å². The van der Waals surface area contributed by atoms with Gasteiger partial charge in [0.1, 0.15) is 5.75 Å². The summed E-state index contributed by atoms with van der Waals surface area (Å²) >= 11 is 0. The van der Waals surface area contributed by atoms with Crippen LogP contribution in [0.4, 0.5) is 4.79 Å². The Morgan fingerprint density at radius 2 is 2.04 bits per heavy atom. The number of piperazine rings is 1. The largest absolute Gasteiger partial charge is 0.496 e. The van der Waals surface area contributed by atoms with Crippen molar-refractivity contribution in [1.29, 1.82) is 0 Å². The van der Waals surface area contributed by atoms with Crippen LogP contribution in [0.2, 0.25) is 0 Å². The van der Waals surface area contributed by atoms with E-state index in [0.717, 1.165) is 48.1 Å². The van der Waals surface area contributed by atoms with E-state index in [0.29, 0.717) is 12.6 Å². The Hall–Kier alpha value is -2.27. The Morgan fingerprint density at radius 1 is 1.24 bits per heavy atom. The molecule has 0 aliphatic carbocycles. The van der Waals surface area contributed by atoms with Crippen LogP contribution in [-0.2, 0) is 6.54 Å². The molecule has 5 nitrogen and oxygen atoms in total. The zero-order chi connectivity index (χ0) is 17.8. The quantitative estimate of drug-likeness (QED) is 0.929. The number of nitrogens with one attached hydrogen (secondary N) is 1. The van der Waals surface area contributed by atoms with Crippen molar-refractivity contribution >= 4 is 16.8 Å². The van der Waals surface area contributed by atoms with Crippen LogP contribution < -0.4 is 10.1 Å². The number of rotatable bonds is 4. The first-order valence-electron chi connectivity index (χ1n) is 8.91. The van der Waals surface area contributed by atoms with Gasteiger partial charge in [-0.3, -0.25) is 4.90 Å². The molecule has 0 spiro atoms. The summed E-state index contributed by atoms with van der Waals surface area (Å²) in [6.07, 6.45) is 1.05. The highest BCUT2D eigenvalue weighted by atomic mass is 16.5. The number of carbonyl (C=O) groups is 1. The lowest BCUT2D eigenvalue weighted by atomic mass is 10.0. The zero-order valence-corrected chi connectivity index (χ0v) is 15.3. The molecule has 1 aliphatic heterocycles. The van der Waals surface area contributed by atoms with Gasteiger partial charge >= 0.3 is 6.03 Å². The van der Waals surface area contributed by atoms with Gasteiger partial charge in [-0.15, -0.1) is 0 Å². The lowest BCUT2D eigenvalue weighted by Gasteiger charge is -2.39. The number of likely N-dealkylation sites (N-methyl/N-ethyl adjacent to an activating group) is 1. The third-order valence-corrected chi connectivity index (χ3v) is 5.17. The Labute approximate surface area is 149 Å². The van der Waals surface area contributed by atoms with E-state index in [9.17, 15) is 4.79 Å². The minimum atomic E-state index is 0.00142. The lowest BCUT2D eigenvalue weighted by Crippen LogP contribution is -2.55. The van der Waals surface area contributed by atoms with Crippen LogP contribution in [0.25, 0.3) is 10.8 Å². The molecule has 1 unspecified atom stereocenters. The van der Waals surface area contributed by atoms with E-state index in [1.54, 1.807) is 7.11 Å². The Morgan fingerprint density at radius 3 is 2.80 bits per heavy atom. The van der Waals surface area contributed by atoms with Gasteiger partial charge in [-0.25, -0.2) is 4.79 Å². The topological polar surface area (TPSA) is 44.8 Å². The standard InChI is InChI=1S/C20H27N3O2/c1-4-16-14-23(12-11-22(16)2)20(24)21-13-18-17-8-6-5-7-15(17)9-10-19(18)25-3/h5-10,16H,4,11-14H2,1-3H3,(H,21,24). The summed E-state index contributed by atoms with van der Waals surface area (Å²) < 4.78 is 5.51. The molecule has 1 heterocycles. The summed E-state index contributed by atoms with van der Waals surface area (Å²) in [5, 5.41) is 5.35. The Bertz CT molecular complexity index is 747. The van der Waals surface area contributed by atoms with Crippen molar-refractivity contribution in [1.82, 2.24) is 15.1 Å². The molecule has 1 atom stereocenters. The van der Waals surface area contributed by atoms with Gasteiger partial charge in [0.05, 0.1) is 7.11 Å². The fourth-order valence-corrected chi connectivity index (χ4v) is 3.54. The Balaban J connectivity index is 1.73. The fraction of sp³-hybridized carbons (Fsp3) is 0.450. The maximum atomic E-state index is 12.6. The van der Waals surface area contributed by atoms with Crippen LogP contribution in [0.5, 0.6) is 5.75 Å². The molecule has 0 radical (unpaired) electrons. The smallest absolute Gasteiger partial charge is 0.317 e. The highest BCUT2D eigenvalue weighted by molar-refractivity contribution is 5.88. The number of methoxy groups -OCH3 is 1. The summed E-state index contributed by atoms with van der Waals surface area (Å²) in [5.74, 6) is 0.809. The summed E-state index contributed by atoms with van der Waals surface area (Å²) in [6.45, 7) is 5.11. The van der Waals surface area contributed by atoms with Crippen molar-refractivity contribution in [3.63, 3.8) is 0 Å². The maximum Gasteiger partial charge on any atom is 0.317 e. The molecule has 1 aliphatic rings.